The maximum atomic E-state index is 11.6. The number of alkyl halides is 3. The van der Waals surface area contributed by atoms with Gasteiger partial charge in [0.25, 0.3) is 0 Å². The van der Waals surface area contributed by atoms with Crippen LogP contribution in [0, 0.1) is 10.8 Å². The van der Waals surface area contributed by atoms with Crippen molar-refractivity contribution in [3.05, 3.63) is 0 Å². The average Bonchev–Trinajstić information content (AvgIpc) is 1.85. The highest BCUT2D eigenvalue weighted by atomic mass is 32.2. The standard InChI is InChI=1S/C5H7F3N2S/c1-2-3(9)11-4(10)5(6,7)8/h9-10H,2H2,1H3. The van der Waals surface area contributed by atoms with E-state index in [1.165, 1.54) is 0 Å². The smallest absolute Gasteiger partial charge is 0.298 e. The summed E-state index contributed by atoms with van der Waals surface area (Å²) in [5.74, 6) is 0. The predicted molar refractivity (Wildman–Crippen MR) is 39.4 cm³/mol. The van der Waals surface area contributed by atoms with Crippen LogP contribution in [0.1, 0.15) is 13.3 Å². The third-order valence-electron chi connectivity index (χ3n) is 0.804. The maximum Gasteiger partial charge on any atom is 0.439 e. The third kappa shape index (κ3) is 4.02. The van der Waals surface area contributed by atoms with E-state index < -0.39 is 11.2 Å². The molecule has 0 bridgehead atoms. The van der Waals surface area contributed by atoms with Crippen LogP contribution < -0.4 is 0 Å². The highest BCUT2D eigenvalue weighted by Crippen LogP contribution is 2.24. The number of hydrogen-bond acceptors (Lipinski definition) is 3. The zero-order valence-electron chi connectivity index (χ0n) is 5.75. The molecule has 64 valence electrons. The molecule has 2 nitrogen and oxygen atoms in total. The zero-order valence-corrected chi connectivity index (χ0v) is 6.57. The summed E-state index contributed by atoms with van der Waals surface area (Å²) in [6, 6.07) is 0. The summed E-state index contributed by atoms with van der Waals surface area (Å²) in [6.45, 7) is 1.57. The summed E-state index contributed by atoms with van der Waals surface area (Å²) >= 11 is 0.148. The van der Waals surface area contributed by atoms with Gasteiger partial charge in [0.1, 0.15) is 0 Å². The van der Waals surface area contributed by atoms with Crippen molar-refractivity contribution in [1.29, 1.82) is 10.8 Å². The molecule has 0 heterocycles. The summed E-state index contributed by atoms with van der Waals surface area (Å²) in [4.78, 5) is 0. The van der Waals surface area contributed by atoms with E-state index in [9.17, 15) is 13.2 Å². The van der Waals surface area contributed by atoms with E-state index in [2.05, 4.69) is 0 Å². The zero-order chi connectivity index (χ0) is 9.07. The molecular weight excluding hydrogens is 177 g/mol. The minimum Gasteiger partial charge on any atom is -0.298 e. The van der Waals surface area contributed by atoms with Crippen LogP contribution in [0.25, 0.3) is 0 Å². The largest absolute Gasteiger partial charge is 0.439 e. The molecule has 0 atom stereocenters. The molecule has 11 heavy (non-hydrogen) atoms. The van der Waals surface area contributed by atoms with Gasteiger partial charge >= 0.3 is 6.18 Å². The van der Waals surface area contributed by atoms with Crippen LogP contribution in [0.4, 0.5) is 13.2 Å². The Kier molecular flexibility index (Phi) is 3.57. The van der Waals surface area contributed by atoms with E-state index in [-0.39, 0.29) is 23.2 Å². The molecule has 0 saturated carbocycles. The van der Waals surface area contributed by atoms with E-state index in [1.54, 1.807) is 6.92 Å². The lowest BCUT2D eigenvalue weighted by Gasteiger charge is -2.06. The normalized spacial score (nSPS) is 11.3. The molecule has 0 radical (unpaired) electrons. The summed E-state index contributed by atoms with van der Waals surface area (Å²) in [5.41, 5.74) is 0. The van der Waals surface area contributed by atoms with E-state index in [0.29, 0.717) is 0 Å². The van der Waals surface area contributed by atoms with Crippen molar-refractivity contribution in [3.63, 3.8) is 0 Å². The second-order valence-corrected chi connectivity index (χ2v) is 2.81. The second kappa shape index (κ2) is 3.75. The van der Waals surface area contributed by atoms with Gasteiger partial charge in [0.2, 0.25) is 0 Å². The summed E-state index contributed by atoms with van der Waals surface area (Å²) in [7, 11) is 0. The Balaban J connectivity index is 3.99. The van der Waals surface area contributed by atoms with Gasteiger partial charge in [-0.25, -0.2) is 0 Å². The van der Waals surface area contributed by atoms with Crippen molar-refractivity contribution in [2.75, 3.05) is 0 Å². The minimum atomic E-state index is -4.61. The van der Waals surface area contributed by atoms with E-state index in [0.717, 1.165) is 0 Å². The molecule has 2 N–H and O–H groups in total. The first-order valence-electron chi connectivity index (χ1n) is 2.79. The van der Waals surface area contributed by atoms with Crippen molar-refractivity contribution >= 4 is 21.8 Å². The van der Waals surface area contributed by atoms with Crippen LogP contribution in [0.15, 0.2) is 0 Å². The SMILES string of the molecule is CCC(=N)SC(=N)C(F)(F)F. The fourth-order valence-corrected chi connectivity index (χ4v) is 0.760. The third-order valence-corrected chi connectivity index (χ3v) is 1.77. The number of nitrogens with one attached hydrogen (secondary N) is 2. The molecule has 0 aliphatic carbocycles. The molecule has 0 aromatic heterocycles. The lowest BCUT2D eigenvalue weighted by molar-refractivity contribution is -0.0560. The van der Waals surface area contributed by atoms with Gasteiger partial charge in [0, 0.05) is 0 Å². The van der Waals surface area contributed by atoms with Gasteiger partial charge in [-0.1, -0.05) is 18.7 Å². The van der Waals surface area contributed by atoms with Gasteiger partial charge < -0.3 is 0 Å². The van der Waals surface area contributed by atoms with Crippen molar-refractivity contribution in [2.24, 2.45) is 0 Å². The molecule has 0 aromatic carbocycles. The van der Waals surface area contributed by atoms with E-state index >= 15 is 0 Å². The lowest BCUT2D eigenvalue weighted by Crippen LogP contribution is -2.19. The van der Waals surface area contributed by atoms with Gasteiger partial charge in [-0.2, -0.15) is 13.2 Å². The Hall–Kier alpha value is -0.520. The molecule has 0 spiro atoms. The summed E-state index contributed by atoms with van der Waals surface area (Å²) in [5, 5.41) is 11.8. The summed E-state index contributed by atoms with van der Waals surface area (Å²) < 4.78 is 34.8. The molecule has 0 amide bonds. The van der Waals surface area contributed by atoms with Gasteiger partial charge in [-0.15, -0.1) is 0 Å². The van der Waals surface area contributed by atoms with Crippen LogP contribution in [0.3, 0.4) is 0 Å². The van der Waals surface area contributed by atoms with Crippen LogP contribution >= 0.6 is 11.8 Å². The Morgan fingerprint density at radius 3 is 2.09 bits per heavy atom. The van der Waals surface area contributed by atoms with Crippen LogP contribution in [0.2, 0.25) is 0 Å². The van der Waals surface area contributed by atoms with Crippen LogP contribution in [-0.4, -0.2) is 16.3 Å². The lowest BCUT2D eigenvalue weighted by atomic mass is 10.5. The quantitative estimate of drug-likeness (QED) is 0.477. The number of hydrogen-bond donors (Lipinski definition) is 2. The Morgan fingerprint density at radius 2 is 1.82 bits per heavy atom. The van der Waals surface area contributed by atoms with Crippen molar-refractivity contribution < 1.29 is 13.2 Å². The minimum absolute atomic E-state index is 0.146. The number of thioether (sulfide) groups is 1. The van der Waals surface area contributed by atoms with Gasteiger partial charge in [0.15, 0.2) is 5.04 Å². The second-order valence-electron chi connectivity index (χ2n) is 1.71. The maximum absolute atomic E-state index is 11.6. The van der Waals surface area contributed by atoms with Crippen molar-refractivity contribution in [2.45, 2.75) is 19.5 Å². The van der Waals surface area contributed by atoms with Crippen LogP contribution in [-0.2, 0) is 0 Å². The first-order valence-corrected chi connectivity index (χ1v) is 3.60. The molecular formula is C5H7F3N2S. The fourth-order valence-electron chi connectivity index (χ4n) is 0.253. The number of halogens is 3. The molecule has 6 heteroatoms. The molecule has 0 aromatic rings. The predicted octanol–water partition coefficient (Wildman–Crippen LogP) is 2.65. The monoisotopic (exact) mass is 184 g/mol. The Morgan fingerprint density at radius 1 is 1.36 bits per heavy atom. The van der Waals surface area contributed by atoms with Crippen molar-refractivity contribution in [3.8, 4) is 0 Å². The average molecular weight is 184 g/mol. The van der Waals surface area contributed by atoms with Gasteiger partial charge in [0.05, 0.1) is 5.04 Å². The molecule has 0 rings (SSSR count). The molecule has 0 aliphatic heterocycles. The highest BCUT2D eigenvalue weighted by molar-refractivity contribution is 8.26. The van der Waals surface area contributed by atoms with Crippen molar-refractivity contribution in [1.82, 2.24) is 0 Å². The van der Waals surface area contributed by atoms with E-state index in [1.807, 2.05) is 0 Å². The Labute approximate surface area is 66.2 Å². The fraction of sp³-hybridized carbons (Fsp3) is 0.600. The Bertz CT molecular complexity index is 175. The van der Waals surface area contributed by atoms with E-state index in [4.69, 9.17) is 10.8 Å². The highest BCUT2D eigenvalue weighted by Gasteiger charge is 2.35. The molecule has 0 fully saturated rings. The van der Waals surface area contributed by atoms with Gasteiger partial charge in [-0.05, 0) is 6.42 Å². The van der Waals surface area contributed by atoms with Gasteiger partial charge in [-0.3, -0.25) is 10.8 Å². The number of rotatable bonds is 1. The molecule has 0 unspecified atom stereocenters. The summed E-state index contributed by atoms with van der Waals surface area (Å²) in [6.07, 6.45) is -4.38. The molecule has 0 aliphatic rings. The molecule has 0 saturated heterocycles. The first-order chi connectivity index (χ1) is 4.88. The first kappa shape index (κ1) is 10.5. The topological polar surface area (TPSA) is 47.7 Å². The van der Waals surface area contributed by atoms with Crippen LogP contribution in [0.5, 0.6) is 0 Å².